The number of nitrogens with one attached hydrogen (secondary N) is 1. The first-order valence-electron chi connectivity index (χ1n) is 7.80. The molecule has 1 aromatic rings. The van der Waals surface area contributed by atoms with E-state index < -0.39 is 0 Å². The van der Waals surface area contributed by atoms with Gasteiger partial charge in [0.05, 0.1) is 0 Å². The van der Waals surface area contributed by atoms with Gasteiger partial charge in [-0.3, -0.25) is 4.90 Å². The van der Waals surface area contributed by atoms with Crippen LogP contribution < -0.4 is 5.32 Å². The van der Waals surface area contributed by atoms with Gasteiger partial charge in [0.15, 0.2) is 0 Å². The summed E-state index contributed by atoms with van der Waals surface area (Å²) in [4.78, 5) is 5.03. The van der Waals surface area contributed by atoms with E-state index in [1.807, 2.05) is 0 Å². The average molecular weight is 275 g/mol. The van der Waals surface area contributed by atoms with Crippen LogP contribution in [0.15, 0.2) is 30.3 Å². The minimum Gasteiger partial charge on any atom is -0.312 e. The molecule has 0 aromatic heterocycles. The van der Waals surface area contributed by atoms with Crippen LogP contribution in [0.25, 0.3) is 0 Å². The third-order valence-electron chi connectivity index (χ3n) is 4.67. The van der Waals surface area contributed by atoms with Crippen molar-refractivity contribution in [2.24, 2.45) is 0 Å². The van der Waals surface area contributed by atoms with Gasteiger partial charge in [-0.25, -0.2) is 0 Å². The molecule has 0 radical (unpaired) electrons. The maximum absolute atomic E-state index is 3.54. The van der Waals surface area contributed by atoms with Crippen molar-refractivity contribution in [3.63, 3.8) is 0 Å². The van der Waals surface area contributed by atoms with E-state index in [4.69, 9.17) is 0 Å². The molecule has 2 rings (SSSR count). The molecule has 0 saturated carbocycles. The molecule has 0 bridgehead atoms. The lowest BCUT2D eigenvalue weighted by molar-refractivity contribution is 0.174. The Labute approximate surface area is 124 Å². The molecule has 0 spiro atoms. The number of nitrogens with zero attached hydrogens (tertiary/aromatic N) is 2. The summed E-state index contributed by atoms with van der Waals surface area (Å²) in [7, 11) is 6.48. The lowest BCUT2D eigenvalue weighted by Gasteiger charge is -2.34. The quantitative estimate of drug-likeness (QED) is 0.860. The molecule has 1 aromatic carbocycles. The van der Waals surface area contributed by atoms with E-state index >= 15 is 0 Å². The highest BCUT2D eigenvalue weighted by Crippen LogP contribution is 2.27. The van der Waals surface area contributed by atoms with Gasteiger partial charge in [0.2, 0.25) is 0 Å². The molecule has 1 aliphatic rings. The van der Waals surface area contributed by atoms with Crippen LogP contribution in [0, 0.1) is 0 Å². The van der Waals surface area contributed by atoms with E-state index in [2.05, 4.69) is 73.5 Å². The summed E-state index contributed by atoms with van der Waals surface area (Å²) in [6, 6.07) is 12.5. The molecule has 3 atom stereocenters. The number of hydrogen-bond acceptors (Lipinski definition) is 3. The van der Waals surface area contributed by atoms with E-state index in [1.54, 1.807) is 0 Å². The first-order chi connectivity index (χ1) is 9.67. The van der Waals surface area contributed by atoms with Gasteiger partial charge in [-0.1, -0.05) is 37.3 Å². The molecular weight excluding hydrogens is 246 g/mol. The Hall–Kier alpha value is -0.900. The van der Waals surface area contributed by atoms with E-state index in [0.29, 0.717) is 18.1 Å². The van der Waals surface area contributed by atoms with Crippen LogP contribution in [-0.2, 0) is 0 Å². The van der Waals surface area contributed by atoms with Crippen LogP contribution >= 0.6 is 0 Å². The molecule has 20 heavy (non-hydrogen) atoms. The van der Waals surface area contributed by atoms with Gasteiger partial charge in [-0.05, 0) is 39.5 Å². The summed E-state index contributed by atoms with van der Waals surface area (Å²) in [5, 5.41) is 3.54. The Balaban J connectivity index is 2.11. The van der Waals surface area contributed by atoms with Crippen molar-refractivity contribution in [1.82, 2.24) is 15.1 Å². The third-order valence-corrected chi connectivity index (χ3v) is 4.67. The molecule has 1 saturated heterocycles. The van der Waals surface area contributed by atoms with E-state index in [0.717, 1.165) is 0 Å². The second-order valence-corrected chi connectivity index (χ2v) is 6.05. The van der Waals surface area contributed by atoms with Crippen molar-refractivity contribution in [3.05, 3.63) is 35.9 Å². The Morgan fingerprint density at radius 1 is 1.30 bits per heavy atom. The van der Waals surface area contributed by atoms with Gasteiger partial charge in [0.1, 0.15) is 0 Å². The van der Waals surface area contributed by atoms with E-state index in [-0.39, 0.29) is 0 Å². The zero-order valence-electron chi connectivity index (χ0n) is 13.3. The van der Waals surface area contributed by atoms with Gasteiger partial charge in [0.25, 0.3) is 0 Å². The maximum atomic E-state index is 3.54. The first kappa shape index (κ1) is 15.5. The molecule has 3 unspecified atom stereocenters. The van der Waals surface area contributed by atoms with Crippen LogP contribution in [0.1, 0.15) is 31.4 Å². The van der Waals surface area contributed by atoms with Crippen LogP contribution in [0.2, 0.25) is 0 Å². The Kier molecular flexibility index (Phi) is 5.58. The molecule has 1 heterocycles. The molecule has 3 nitrogen and oxygen atoms in total. The second-order valence-electron chi connectivity index (χ2n) is 6.05. The predicted molar refractivity (Wildman–Crippen MR) is 86.0 cm³/mol. The van der Waals surface area contributed by atoms with Crippen molar-refractivity contribution >= 4 is 0 Å². The minimum absolute atomic E-state index is 0.419. The molecule has 1 aliphatic heterocycles. The zero-order chi connectivity index (χ0) is 14.5. The summed E-state index contributed by atoms with van der Waals surface area (Å²) in [6.45, 7) is 4.71. The molecule has 0 amide bonds. The SMILES string of the molecule is CCC(C(NC)c1ccccc1)N1CCC(N(C)C)C1. The summed E-state index contributed by atoms with van der Waals surface area (Å²) >= 11 is 0. The van der Waals surface area contributed by atoms with Crippen molar-refractivity contribution in [3.8, 4) is 0 Å². The van der Waals surface area contributed by atoms with Gasteiger partial charge in [-0.2, -0.15) is 0 Å². The van der Waals surface area contributed by atoms with Crippen LogP contribution in [-0.4, -0.2) is 56.1 Å². The molecular formula is C17H29N3. The summed E-state index contributed by atoms with van der Waals surface area (Å²) in [5.41, 5.74) is 1.40. The van der Waals surface area contributed by atoms with Crippen LogP contribution in [0.3, 0.4) is 0 Å². The van der Waals surface area contributed by atoms with Gasteiger partial charge < -0.3 is 10.2 Å². The fraction of sp³-hybridized carbons (Fsp3) is 0.647. The molecule has 112 valence electrons. The van der Waals surface area contributed by atoms with E-state index in [9.17, 15) is 0 Å². The molecule has 3 heteroatoms. The Morgan fingerprint density at radius 2 is 2.00 bits per heavy atom. The van der Waals surface area contributed by atoms with Gasteiger partial charge in [0, 0.05) is 31.2 Å². The summed E-state index contributed by atoms with van der Waals surface area (Å²) in [6.07, 6.45) is 2.47. The van der Waals surface area contributed by atoms with Gasteiger partial charge >= 0.3 is 0 Å². The van der Waals surface area contributed by atoms with Crippen LogP contribution in [0.5, 0.6) is 0 Å². The minimum atomic E-state index is 0.419. The number of likely N-dealkylation sites (tertiary alicyclic amines) is 1. The maximum Gasteiger partial charge on any atom is 0.0475 e. The molecule has 1 fully saturated rings. The standard InChI is InChI=1S/C17H29N3/c1-5-16(20-12-11-15(13-20)19(3)4)17(18-2)14-9-7-6-8-10-14/h6-10,15-18H,5,11-13H2,1-4H3. The van der Waals surface area contributed by atoms with Crippen LogP contribution in [0.4, 0.5) is 0 Å². The average Bonchev–Trinajstić information content (AvgIpc) is 2.95. The number of benzene rings is 1. The second kappa shape index (κ2) is 7.21. The van der Waals surface area contributed by atoms with Crippen molar-refractivity contribution in [2.45, 2.75) is 37.9 Å². The summed E-state index contributed by atoms with van der Waals surface area (Å²) < 4.78 is 0. The topological polar surface area (TPSA) is 18.5 Å². The fourth-order valence-corrected chi connectivity index (χ4v) is 3.44. The number of rotatable bonds is 6. The fourth-order valence-electron chi connectivity index (χ4n) is 3.44. The monoisotopic (exact) mass is 275 g/mol. The lowest BCUT2D eigenvalue weighted by atomic mass is 9.96. The summed E-state index contributed by atoms with van der Waals surface area (Å²) in [5.74, 6) is 0. The molecule has 0 aliphatic carbocycles. The zero-order valence-corrected chi connectivity index (χ0v) is 13.3. The van der Waals surface area contributed by atoms with Crippen molar-refractivity contribution < 1.29 is 0 Å². The predicted octanol–water partition coefficient (Wildman–Crippen LogP) is 2.36. The smallest absolute Gasteiger partial charge is 0.0475 e. The highest BCUT2D eigenvalue weighted by Gasteiger charge is 2.32. The normalized spacial score (nSPS) is 23.1. The number of hydrogen-bond donors (Lipinski definition) is 1. The molecule has 1 N–H and O–H groups in total. The Bertz CT molecular complexity index is 390. The van der Waals surface area contributed by atoms with Crippen molar-refractivity contribution in [1.29, 1.82) is 0 Å². The highest BCUT2D eigenvalue weighted by atomic mass is 15.3. The third kappa shape index (κ3) is 3.40. The van der Waals surface area contributed by atoms with Crippen molar-refractivity contribution in [2.75, 3.05) is 34.2 Å². The first-order valence-corrected chi connectivity index (χ1v) is 7.80. The van der Waals surface area contributed by atoms with E-state index in [1.165, 1.54) is 31.5 Å². The highest BCUT2D eigenvalue weighted by molar-refractivity contribution is 5.20. The lowest BCUT2D eigenvalue weighted by Crippen LogP contribution is -2.43. The van der Waals surface area contributed by atoms with Gasteiger partial charge in [-0.15, -0.1) is 0 Å². The Morgan fingerprint density at radius 3 is 2.50 bits per heavy atom. The number of likely N-dealkylation sites (N-methyl/N-ethyl adjacent to an activating group) is 2. The largest absolute Gasteiger partial charge is 0.312 e.